The third kappa shape index (κ3) is 3.29. The maximum absolute atomic E-state index is 8.70. The molecule has 0 spiro atoms. The second-order valence-electron chi connectivity index (χ2n) is 2.04. The van der Waals surface area contributed by atoms with Crippen LogP contribution in [0.2, 0.25) is 0 Å². The van der Waals surface area contributed by atoms with E-state index >= 15 is 0 Å². The Bertz CT molecular complexity index is 110. The number of nitrogens with one attached hydrogen (secondary N) is 1. The molecule has 60 valence electrons. The standard InChI is InChI=1S/C6H15N3O/c1-3-5(4-10)9-6(7)8-2/h5,10H,3-4H2,1-2H3,(H3,7,8,9). The van der Waals surface area contributed by atoms with Gasteiger partial charge in [0.05, 0.1) is 12.6 Å². The van der Waals surface area contributed by atoms with Crippen LogP contribution in [0.15, 0.2) is 4.99 Å². The Morgan fingerprint density at radius 2 is 2.40 bits per heavy atom. The molecule has 0 aliphatic heterocycles. The van der Waals surface area contributed by atoms with E-state index in [4.69, 9.17) is 10.8 Å². The van der Waals surface area contributed by atoms with Crippen LogP contribution >= 0.6 is 0 Å². The zero-order valence-corrected chi connectivity index (χ0v) is 6.46. The van der Waals surface area contributed by atoms with E-state index < -0.39 is 0 Å². The monoisotopic (exact) mass is 145 g/mol. The van der Waals surface area contributed by atoms with E-state index in [0.717, 1.165) is 6.42 Å². The third-order valence-electron chi connectivity index (χ3n) is 1.31. The molecular weight excluding hydrogens is 130 g/mol. The van der Waals surface area contributed by atoms with Gasteiger partial charge in [-0.2, -0.15) is 0 Å². The van der Waals surface area contributed by atoms with Crippen LogP contribution < -0.4 is 11.1 Å². The van der Waals surface area contributed by atoms with Gasteiger partial charge in [0, 0.05) is 7.05 Å². The normalized spacial score (nSPS) is 14.9. The molecule has 10 heavy (non-hydrogen) atoms. The topological polar surface area (TPSA) is 70.6 Å². The predicted molar refractivity (Wildman–Crippen MR) is 41.8 cm³/mol. The van der Waals surface area contributed by atoms with E-state index in [2.05, 4.69) is 10.3 Å². The van der Waals surface area contributed by atoms with E-state index in [1.54, 1.807) is 7.05 Å². The Hall–Kier alpha value is -0.770. The molecule has 0 saturated heterocycles. The number of nitrogens with two attached hydrogens (primary N) is 1. The number of rotatable bonds is 3. The van der Waals surface area contributed by atoms with Crippen molar-refractivity contribution in [1.82, 2.24) is 5.32 Å². The van der Waals surface area contributed by atoms with Crippen molar-refractivity contribution in [3.8, 4) is 0 Å². The molecule has 0 aliphatic carbocycles. The number of hydrogen-bond donors (Lipinski definition) is 3. The fourth-order valence-corrected chi connectivity index (χ4v) is 0.550. The first kappa shape index (κ1) is 9.23. The van der Waals surface area contributed by atoms with Gasteiger partial charge in [-0.3, -0.25) is 4.99 Å². The molecule has 0 radical (unpaired) electrons. The Morgan fingerprint density at radius 3 is 2.70 bits per heavy atom. The average Bonchev–Trinajstić information content (AvgIpc) is 1.99. The summed E-state index contributed by atoms with van der Waals surface area (Å²) in [6.45, 7) is 2.06. The molecule has 0 bridgehead atoms. The van der Waals surface area contributed by atoms with E-state index in [9.17, 15) is 0 Å². The van der Waals surface area contributed by atoms with Gasteiger partial charge in [-0.25, -0.2) is 0 Å². The summed E-state index contributed by atoms with van der Waals surface area (Å²) in [6.07, 6.45) is 0.840. The number of hydrogen-bond acceptors (Lipinski definition) is 2. The molecule has 0 amide bonds. The summed E-state index contributed by atoms with van der Waals surface area (Å²) in [5, 5.41) is 11.5. The Labute approximate surface area is 61.1 Å². The number of aliphatic hydroxyl groups excluding tert-OH is 1. The summed E-state index contributed by atoms with van der Waals surface area (Å²) in [7, 11) is 1.60. The molecular formula is C6H15N3O. The highest BCUT2D eigenvalue weighted by Crippen LogP contribution is 1.86. The molecule has 0 saturated carbocycles. The summed E-state index contributed by atoms with van der Waals surface area (Å²) in [5.41, 5.74) is 5.35. The quantitative estimate of drug-likeness (QED) is 0.363. The first-order chi connectivity index (χ1) is 4.74. The number of aliphatic hydroxyl groups is 1. The van der Waals surface area contributed by atoms with Gasteiger partial charge in [0.2, 0.25) is 0 Å². The van der Waals surface area contributed by atoms with Crippen LogP contribution in [0.5, 0.6) is 0 Å². The lowest BCUT2D eigenvalue weighted by Gasteiger charge is -2.13. The van der Waals surface area contributed by atoms with Gasteiger partial charge < -0.3 is 16.2 Å². The van der Waals surface area contributed by atoms with Gasteiger partial charge in [0.15, 0.2) is 5.96 Å². The minimum Gasteiger partial charge on any atom is -0.394 e. The zero-order chi connectivity index (χ0) is 7.98. The minimum absolute atomic E-state index is 0.0312. The molecule has 4 N–H and O–H groups in total. The molecule has 0 aromatic carbocycles. The fraction of sp³-hybridized carbons (Fsp3) is 0.833. The molecule has 0 aliphatic rings. The van der Waals surface area contributed by atoms with Gasteiger partial charge in [-0.15, -0.1) is 0 Å². The predicted octanol–water partition coefficient (Wildman–Crippen LogP) is -0.709. The molecule has 4 heteroatoms. The summed E-state index contributed by atoms with van der Waals surface area (Å²) in [5.74, 6) is 0.376. The van der Waals surface area contributed by atoms with E-state index in [1.165, 1.54) is 0 Å². The molecule has 4 nitrogen and oxygen atoms in total. The minimum atomic E-state index is 0.0312. The van der Waals surface area contributed by atoms with Crippen molar-refractivity contribution in [2.45, 2.75) is 19.4 Å². The smallest absolute Gasteiger partial charge is 0.188 e. The lowest BCUT2D eigenvalue weighted by atomic mass is 10.2. The van der Waals surface area contributed by atoms with Crippen LogP contribution in [0.25, 0.3) is 0 Å². The Morgan fingerprint density at radius 1 is 1.80 bits per heavy atom. The first-order valence-electron chi connectivity index (χ1n) is 3.34. The largest absolute Gasteiger partial charge is 0.394 e. The van der Waals surface area contributed by atoms with Crippen LogP contribution in [-0.2, 0) is 0 Å². The highest BCUT2D eigenvalue weighted by molar-refractivity contribution is 5.77. The first-order valence-corrected chi connectivity index (χ1v) is 3.34. The van der Waals surface area contributed by atoms with E-state index in [-0.39, 0.29) is 12.6 Å². The van der Waals surface area contributed by atoms with Crippen molar-refractivity contribution < 1.29 is 5.11 Å². The van der Waals surface area contributed by atoms with Crippen molar-refractivity contribution in [1.29, 1.82) is 0 Å². The van der Waals surface area contributed by atoms with Gasteiger partial charge in [0.25, 0.3) is 0 Å². The molecule has 0 rings (SSSR count). The van der Waals surface area contributed by atoms with Crippen LogP contribution in [0.1, 0.15) is 13.3 Å². The summed E-state index contributed by atoms with van der Waals surface area (Å²) in [6, 6.07) is 0.0312. The number of aliphatic imine (C=N–C) groups is 1. The molecule has 0 fully saturated rings. The maximum Gasteiger partial charge on any atom is 0.188 e. The van der Waals surface area contributed by atoms with Crippen molar-refractivity contribution >= 4 is 5.96 Å². The van der Waals surface area contributed by atoms with Crippen LogP contribution in [-0.4, -0.2) is 30.8 Å². The average molecular weight is 145 g/mol. The van der Waals surface area contributed by atoms with Crippen molar-refractivity contribution in [3.63, 3.8) is 0 Å². The highest BCUT2D eigenvalue weighted by Gasteiger charge is 2.02. The molecule has 0 aromatic heterocycles. The van der Waals surface area contributed by atoms with Gasteiger partial charge in [-0.05, 0) is 6.42 Å². The van der Waals surface area contributed by atoms with Crippen LogP contribution in [0.3, 0.4) is 0 Å². The summed E-state index contributed by atoms with van der Waals surface area (Å²) in [4.78, 5) is 3.70. The second-order valence-corrected chi connectivity index (χ2v) is 2.04. The molecule has 1 unspecified atom stereocenters. The lowest BCUT2D eigenvalue weighted by Crippen LogP contribution is -2.41. The van der Waals surface area contributed by atoms with Crippen LogP contribution in [0, 0.1) is 0 Å². The SMILES string of the molecule is CCC(CO)NC(N)=NC. The third-order valence-corrected chi connectivity index (χ3v) is 1.31. The molecule has 1 atom stereocenters. The zero-order valence-electron chi connectivity index (χ0n) is 6.46. The maximum atomic E-state index is 8.70. The molecule has 0 aromatic rings. The van der Waals surface area contributed by atoms with Gasteiger partial charge in [0.1, 0.15) is 0 Å². The lowest BCUT2D eigenvalue weighted by molar-refractivity contribution is 0.252. The summed E-state index contributed by atoms with van der Waals surface area (Å²) < 4.78 is 0. The van der Waals surface area contributed by atoms with Gasteiger partial charge in [-0.1, -0.05) is 6.92 Å². The van der Waals surface area contributed by atoms with E-state index in [0.29, 0.717) is 5.96 Å². The summed E-state index contributed by atoms with van der Waals surface area (Å²) >= 11 is 0. The second kappa shape index (κ2) is 5.05. The number of nitrogens with zero attached hydrogens (tertiary/aromatic N) is 1. The van der Waals surface area contributed by atoms with Crippen molar-refractivity contribution in [2.24, 2.45) is 10.7 Å². The Kier molecular flexibility index (Phi) is 4.66. The number of guanidine groups is 1. The Balaban J connectivity index is 3.63. The van der Waals surface area contributed by atoms with E-state index in [1.807, 2.05) is 6.92 Å². The van der Waals surface area contributed by atoms with Crippen molar-refractivity contribution in [2.75, 3.05) is 13.7 Å². The molecule has 0 heterocycles. The van der Waals surface area contributed by atoms with Crippen LogP contribution in [0.4, 0.5) is 0 Å². The fourth-order valence-electron chi connectivity index (χ4n) is 0.550. The van der Waals surface area contributed by atoms with Crippen molar-refractivity contribution in [3.05, 3.63) is 0 Å². The van der Waals surface area contributed by atoms with Gasteiger partial charge >= 0.3 is 0 Å². The highest BCUT2D eigenvalue weighted by atomic mass is 16.3.